The summed E-state index contributed by atoms with van der Waals surface area (Å²) < 4.78 is 5.76. The fraction of sp³-hybridized carbons (Fsp3) is 0.188. The third-order valence-electron chi connectivity index (χ3n) is 3.43. The van der Waals surface area contributed by atoms with E-state index in [0.29, 0.717) is 11.7 Å². The number of oxazole rings is 1. The maximum atomic E-state index is 5.91. The number of nitrogens with zero attached hydrogens (tertiary/aromatic N) is 2. The molecule has 0 amide bonds. The molecule has 0 saturated carbocycles. The van der Waals surface area contributed by atoms with E-state index >= 15 is 0 Å². The molecule has 4 nitrogen and oxygen atoms in total. The van der Waals surface area contributed by atoms with Gasteiger partial charge < -0.3 is 15.1 Å². The van der Waals surface area contributed by atoms with E-state index in [1.807, 2.05) is 42.3 Å². The van der Waals surface area contributed by atoms with Crippen LogP contribution in [0.25, 0.3) is 11.1 Å². The largest absolute Gasteiger partial charge is 0.423 e. The van der Waals surface area contributed by atoms with Crippen molar-refractivity contribution in [1.82, 2.24) is 4.98 Å². The summed E-state index contributed by atoms with van der Waals surface area (Å²) in [5, 5.41) is 0. The molecule has 20 heavy (non-hydrogen) atoms. The van der Waals surface area contributed by atoms with Crippen LogP contribution in [-0.2, 0) is 6.54 Å². The molecule has 1 heterocycles. The number of aromatic nitrogens is 1. The van der Waals surface area contributed by atoms with Gasteiger partial charge in [0.1, 0.15) is 5.52 Å². The Hall–Kier alpha value is -2.49. The van der Waals surface area contributed by atoms with Crippen LogP contribution in [0.1, 0.15) is 11.1 Å². The Labute approximate surface area is 117 Å². The van der Waals surface area contributed by atoms with E-state index in [4.69, 9.17) is 10.2 Å². The van der Waals surface area contributed by atoms with Gasteiger partial charge in [-0.25, -0.2) is 0 Å². The van der Waals surface area contributed by atoms with Crippen LogP contribution >= 0.6 is 0 Å². The van der Waals surface area contributed by atoms with Crippen LogP contribution in [-0.4, -0.2) is 12.0 Å². The zero-order valence-corrected chi connectivity index (χ0v) is 11.6. The number of fused-ring (bicyclic) bond motifs is 1. The van der Waals surface area contributed by atoms with Crippen molar-refractivity contribution in [2.75, 3.05) is 17.7 Å². The summed E-state index contributed by atoms with van der Waals surface area (Å²) in [6.07, 6.45) is 0. The van der Waals surface area contributed by atoms with E-state index in [2.05, 4.69) is 24.0 Å². The van der Waals surface area contributed by atoms with Gasteiger partial charge in [-0.15, -0.1) is 0 Å². The van der Waals surface area contributed by atoms with Crippen molar-refractivity contribution in [1.29, 1.82) is 0 Å². The fourth-order valence-corrected chi connectivity index (χ4v) is 2.23. The van der Waals surface area contributed by atoms with E-state index in [9.17, 15) is 0 Å². The lowest BCUT2D eigenvalue weighted by Crippen LogP contribution is -2.17. The van der Waals surface area contributed by atoms with Crippen molar-refractivity contribution in [2.45, 2.75) is 13.5 Å². The Morgan fingerprint density at radius 3 is 2.70 bits per heavy atom. The first kappa shape index (κ1) is 12.5. The van der Waals surface area contributed by atoms with E-state index in [0.717, 1.165) is 17.6 Å². The van der Waals surface area contributed by atoms with Crippen molar-refractivity contribution in [3.05, 3.63) is 53.6 Å². The third-order valence-corrected chi connectivity index (χ3v) is 3.43. The Kier molecular flexibility index (Phi) is 3.06. The molecule has 0 spiro atoms. The van der Waals surface area contributed by atoms with Crippen LogP contribution in [0.2, 0.25) is 0 Å². The second kappa shape index (κ2) is 4.89. The minimum atomic E-state index is 0.584. The highest BCUT2D eigenvalue weighted by molar-refractivity contribution is 5.86. The first-order valence-corrected chi connectivity index (χ1v) is 6.56. The average molecular weight is 267 g/mol. The maximum Gasteiger partial charge on any atom is 0.298 e. The van der Waals surface area contributed by atoms with Gasteiger partial charge in [0.2, 0.25) is 0 Å². The molecular weight excluding hydrogens is 250 g/mol. The smallest absolute Gasteiger partial charge is 0.298 e. The SMILES string of the molecule is Cc1ccccc1CN(C)c1nc2c(N)cccc2o1. The summed E-state index contributed by atoms with van der Waals surface area (Å²) >= 11 is 0. The van der Waals surface area contributed by atoms with E-state index < -0.39 is 0 Å². The molecule has 102 valence electrons. The molecule has 0 aliphatic rings. The van der Waals surface area contributed by atoms with Crippen LogP contribution in [0.3, 0.4) is 0 Å². The number of anilines is 2. The minimum absolute atomic E-state index is 0.584. The van der Waals surface area contributed by atoms with Crippen molar-refractivity contribution in [3.63, 3.8) is 0 Å². The molecule has 0 fully saturated rings. The Morgan fingerprint density at radius 1 is 1.15 bits per heavy atom. The molecule has 3 aromatic rings. The quantitative estimate of drug-likeness (QED) is 0.739. The lowest BCUT2D eigenvalue weighted by atomic mass is 10.1. The highest BCUT2D eigenvalue weighted by atomic mass is 16.4. The van der Waals surface area contributed by atoms with Crippen molar-refractivity contribution >= 4 is 22.8 Å². The number of rotatable bonds is 3. The van der Waals surface area contributed by atoms with Gasteiger partial charge in [-0.2, -0.15) is 4.98 Å². The zero-order chi connectivity index (χ0) is 14.1. The van der Waals surface area contributed by atoms with E-state index in [-0.39, 0.29) is 0 Å². The first-order chi connectivity index (χ1) is 9.65. The lowest BCUT2D eigenvalue weighted by molar-refractivity contribution is 0.582. The number of para-hydroxylation sites is 1. The standard InChI is InChI=1S/C16H17N3O/c1-11-6-3-4-7-12(11)10-19(2)16-18-15-13(17)8-5-9-14(15)20-16/h3-9H,10,17H2,1-2H3. The predicted molar refractivity (Wildman–Crippen MR) is 81.7 cm³/mol. The molecule has 4 heteroatoms. The number of nitrogen functional groups attached to an aromatic ring is 1. The minimum Gasteiger partial charge on any atom is -0.423 e. The monoisotopic (exact) mass is 267 g/mol. The van der Waals surface area contributed by atoms with Gasteiger partial charge >= 0.3 is 0 Å². The van der Waals surface area contributed by atoms with E-state index in [1.54, 1.807) is 0 Å². The molecule has 2 aromatic carbocycles. The van der Waals surface area contributed by atoms with Crippen molar-refractivity contribution in [3.8, 4) is 0 Å². The maximum absolute atomic E-state index is 5.91. The van der Waals surface area contributed by atoms with Gasteiger partial charge in [-0.05, 0) is 30.2 Å². The number of benzene rings is 2. The predicted octanol–water partition coefficient (Wildman–Crippen LogP) is 3.35. The van der Waals surface area contributed by atoms with Crippen LogP contribution in [0, 0.1) is 6.92 Å². The molecule has 3 rings (SSSR count). The van der Waals surface area contributed by atoms with Crippen LogP contribution in [0.4, 0.5) is 11.7 Å². The van der Waals surface area contributed by atoms with Gasteiger partial charge in [-0.1, -0.05) is 30.3 Å². The van der Waals surface area contributed by atoms with Crippen LogP contribution < -0.4 is 10.6 Å². The molecule has 2 N–H and O–H groups in total. The third kappa shape index (κ3) is 2.20. The second-order valence-corrected chi connectivity index (χ2v) is 4.97. The fourth-order valence-electron chi connectivity index (χ4n) is 2.23. The summed E-state index contributed by atoms with van der Waals surface area (Å²) in [4.78, 5) is 6.46. The van der Waals surface area contributed by atoms with Gasteiger partial charge in [0.25, 0.3) is 6.01 Å². The number of aryl methyl sites for hydroxylation is 1. The summed E-state index contributed by atoms with van der Waals surface area (Å²) in [6, 6.07) is 14.5. The number of hydrogen-bond donors (Lipinski definition) is 1. The Balaban J connectivity index is 1.91. The molecule has 0 atom stereocenters. The summed E-state index contributed by atoms with van der Waals surface area (Å²) in [7, 11) is 1.97. The molecule has 0 radical (unpaired) electrons. The Bertz CT molecular complexity index is 748. The number of hydrogen-bond acceptors (Lipinski definition) is 4. The van der Waals surface area contributed by atoms with E-state index in [1.165, 1.54) is 11.1 Å². The Morgan fingerprint density at radius 2 is 1.95 bits per heavy atom. The summed E-state index contributed by atoms with van der Waals surface area (Å²) in [6.45, 7) is 2.85. The summed E-state index contributed by atoms with van der Waals surface area (Å²) in [5.74, 6) is 0. The number of nitrogens with two attached hydrogens (primary N) is 1. The second-order valence-electron chi connectivity index (χ2n) is 4.97. The highest BCUT2D eigenvalue weighted by Gasteiger charge is 2.12. The molecule has 0 aliphatic carbocycles. The molecule has 1 aromatic heterocycles. The van der Waals surface area contributed by atoms with Crippen molar-refractivity contribution in [2.24, 2.45) is 0 Å². The highest BCUT2D eigenvalue weighted by Crippen LogP contribution is 2.26. The summed E-state index contributed by atoms with van der Waals surface area (Å²) in [5.41, 5.74) is 10.5. The molecule has 0 bridgehead atoms. The molecule has 0 aliphatic heterocycles. The van der Waals surface area contributed by atoms with Gasteiger partial charge in [-0.3, -0.25) is 0 Å². The average Bonchev–Trinajstić information content (AvgIpc) is 2.87. The molecule has 0 unspecified atom stereocenters. The van der Waals surface area contributed by atoms with Gasteiger partial charge in [0, 0.05) is 13.6 Å². The lowest BCUT2D eigenvalue weighted by Gasteiger charge is -2.15. The van der Waals surface area contributed by atoms with Gasteiger partial charge in [0.15, 0.2) is 5.58 Å². The van der Waals surface area contributed by atoms with Crippen LogP contribution in [0.15, 0.2) is 46.9 Å². The zero-order valence-electron chi connectivity index (χ0n) is 11.6. The topological polar surface area (TPSA) is 55.3 Å². The molecule has 0 saturated heterocycles. The normalized spacial score (nSPS) is 10.9. The molecular formula is C16H17N3O. The van der Waals surface area contributed by atoms with Gasteiger partial charge in [0.05, 0.1) is 5.69 Å². The van der Waals surface area contributed by atoms with Crippen molar-refractivity contribution < 1.29 is 4.42 Å². The van der Waals surface area contributed by atoms with Crippen LogP contribution in [0.5, 0.6) is 0 Å². The first-order valence-electron chi connectivity index (χ1n) is 6.56.